The number of nitrogens with zero attached hydrogens (tertiary/aromatic N) is 2. The second kappa shape index (κ2) is 7.75. The van der Waals surface area contributed by atoms with Gasteiger partial charge in [0.2, 0.25) is 5.91 Å². The topological polar surface area (TPSA) is 32.8 Å². The van der Waals surface area contributed by atoms with E-state index in [1.807, 2.05) is 11.0 Å². The summed E-state index contributed by atoms with van der Waals surface area (Å²) in [6, 6.07) is 10.4. The molecule has 0 bridgehead atoms. The second-order valence-corrected chi connectivity index (χ2v) is 6.41. The third kappa shape index (κ3) is 4.31. The highest BCUT2D eigenvalue weighted by molar-refractivity contribution is 5.79. The molecule has 1 unspecified atom stereocenters. The first-order valence-corrected chi connectivity index (χ1v) is 8.43. The number of benzene rings is 1. The highest BCUT2D eigenvalue weighted by atomic mass is 16.5. The molecule has 0 aliphatic carbocycles. The van der Waals surface area contributed by atoms with Gasteiger partial charge in [-0.2, -0.15) is 0 Å². The van der Waals surface area contributed by atoms with Crippen molar-refractivity contribution < 1.29 is 9.53 Å². The summed E-state index contributed by atoms with van der Waals surface area (Å²) >= 11 is 0. The van der Waals surface area contributed by atoms with Crippen LogP contribution in [0.15, 0.2) is 30.3 Å². The predicted molar refractivity (Wildman–Crippen MR) is 86.7 cm³/mol. The Labute approximate surface area is 133 Å². The standard InChI is InChI=1S/C18H26N2O2/c21-18-14-19(9-6-17-8-13-22-15-17)11-12-20(18)10-7-16-4-2-1-3-5-16/h1-5,17H,6-15H2. The van der Waals surface area contributed by atoms with Crippen molar-refractivity contribution in [3.05, 3.63) is 35.9 Å². The summed E-state index contributed by atoms with van der Waals surface area (Å²) in [6.45, 7) is 6.16. The van der Waals surface area contributed by atoms with Crippen LogP contribution in [0.3, 0.4) is 0 Å². The molecular weight excluding hydrogens is 276 g/mol. The molecule has 4 nitrogen and oxygen atoms in total. The fraction of sp³-hybridized carbons (Fsp3) is 0.611. The zero-order chi connectivity index (χ0) is 15.2. The third-order valence-corrected chi connectivity index (χ3v) is 4.79. The van der Waals surface area contributed by atoms with Crippen molar-refractivity contribution in [2.45, 2.75) is 19.3 Å². The normalized spacial score (nSPS) is 23.2. The summed E-state index contributed by atoms with van der Waals surface area (Å²) in [7, 11) is 0. The van der Waals surface area contributed by atoms with E-state index in [1.165, 1.54) is 12.0 Å². The van der Waals surface area contributed by atoms with E-state index < -0.39 is 0 Å². The van der Waals surface area contributed by atoms with E-state index >= 15 is 0 Å². The molecule has 0 saturated carbocycles. The quantitative estimate of drug-likeness (QED) is 0.803. The van der Waals surface area contributed by atoms with Crippen LogP contribution in [0.1, 0.15) is 18.4 Å². The maximum absolute atomic E-state index is 12.3. The minimum absolute atomic E-state index is 0.282. The molecule has 0 N–H and O–H groups in total. The van der Waals surface area contributed by atoms with Gasteiger partial charge in [0, 0.05) is 32.8 Å². The van der Waals surface area contributed by atoms with Crippen LogP contribution in [0.2, 0.25) is 0 Å². The summed E-state index contributed by atoms with van der Waals surface area (Å²) in [4.78, 5) is 16.6. The van der Waals surface area contributed by atoms with E-state index in [0.717, 1.165) is 52.2 Å². The number of ether oxygens (including phenoxy) is 1. The molecule has 120 valence electrons. The van der Waals surface area contributed by atoms with Crippen LogP contribution in [-0.2, 0) is 16.0 Å². The van der Waals surface area contributed by atoms with E-state index in [4.69, 9.17) is 4.74 Å². The Balaban J connectivity index is 1.39. The smallest absolute Gasteiger partial charge is 0.236 e. The molecule has 1 aromatic carbocycles. The lowest BCUT2D eigenvalue weighted by atomic mass is 10.0. The number of carbonyl (C=O) groups excluding carboxylic acids is 1. The van der Waals surface area contributed by atoms with Crippen molar-refractivity contribution in [3.8, 4) is 0 Å². The average Bonchev–Trinajstić information content (AvgIpc) is 3.06. The van der Waals surface area contributed by atoms with Crippen LogP contribution >= 0.6 is 0 Å². The lowest BCUT2D eigenvalue weighted by Crippen LogP contribution is -2.51. The summed E-state index contributed by atoms with van der Waals surface area (Å²) in [5.74, 6) is 0.982. The van der Waals surface area contributed by atoms with Crippen LogP contribution in [0.4, 0.5) is 0 Å². The first kappa shape index (κ1) is 15.5. The molecule has 1 aromatic rings. The van der Waals surface area contributed by atoms with Crippen molar-refractivity contribution in [1.29, 1.82) is 0 Å². The molecular formula is C18H26N2O2. The highest BCUT2D eigenvalue weighted by Crippen LogP contribution is 2.17. The van der Waals surface area contributed by atoms with Crippen LogP contribution in [0, 0.1) is 5.92 Å². The number of carbonyl (C=O) groups is 1. The Morgan fingerprint density at radius 2 is 2.00 bits per heavy atom. The first-order valence-electron chi connectivity index (χ1n) is 8.43. The molecule has 2 aliphatic heterocycles. The van der Waals surface area contributed by atoms with Crippen molar-refractivity contribution in [1.82, 2.24) is 9.80 Å². The van der Waals surface area contributed by atoms with E-state index in [0.29, 0.717) is 12.5 Å². The number of hydrogen-bond acceptors (Lipinski definition) is 3. The predicted octanol–water partition coefficient (Wildman–Crippen LogP) is 1.80. The maximum atomic E-state index is 12.3. The molecule has 2 fully saturated rings. The van der Waals surface area contributed by atoms with E-state index in [9.17, 15) is 4.79 Å². The molecule has 22 heavy (non-hydrogen) atoms. The van der Waals surface area contributed by atoms with Gasteiger partial charge < -0.3 is 9.64 Å². The second-order valence-electron chi connectivity index (χ2n) is 6.41. The van der Waals surface area contributed by atoms with Gasteiger partial charge in [0.05, 0.1) is 6.54 Å². The fourth-order valence-electron chi connectivity index (χ4n) is 3.27. The molecule has 1 atom stereocenters. The molecule has 1 amide bonds. The largest absolute Gasteiger partial charge is 0.381 e. The Bertz CT molecular complexity index is 471. The summed E-state index contributed by atoms with van der Waals surface area (Å²) < 4.78 is 5.42. The van der Waals surface area contributed by atoms with Gasteiger partial charge in [-0.3, -0.25) is 9.69 Å². The minimum atomic E-state index is 0.282. The Morgan fingerprint density at radius 3 is 2.73 bits per heavy atom. The first-order chi connectivity index (χ1) is 10.8. The van der Waals surface area contributed by atoms with E-state index in [1.54, 1.807) is 0 Å². The molecule has 0 radical (unpaired) electrons. The zero-order valence-electron chi connectivity index (χ0n) is 13.2. The number of rotatable bonds is 6. The minimum Gasteiger partial charge on any atom is -0.381 e. The van der Waals surface area contributed by atoms with Gasteiger partial charge >= 0.3 is 0 Å². The lowest BCUT2D eigenvalue weighted by Gasteiger charge is -2.34. The van der Waals surface area contributed by atoms with Crippen LogP contribution < -0.4 is 0 Å². The SMILES string of the molecule is O=C1CN(CCC2CCOC2)CCN1CCc1ccccc1. The zero-order valence-corrected chi connectivity index (χ0v) is 13.2. The van der Waals surface area contributed by atoms with Gasteiger partial charge in [-0.15, -0.1) is 0 Å². The molecule has 3 rings (SSSR count). The molecule has 2 saturated heterocycles. The molecule has 2 heterocycles. The molecule has 4 heteroatoms. The van der Waals surface area contributed by atoms with E-state index in [-0.39, 0.29) is 5.91 Å². The Morgan fingerprint density at radius 1 is 1.14 bits per heavy atom. The van der Waals surface area contributed by atoms with Crippen molar-refractivity contribution in [2.24, 2.45) is 5.92 Å². The van der Waals surface area contributed by atoms with Crippen molar-refractivity contribution >= 4 is 5.91 Å². The maximum Gasteiger partial charge on any atom is 0.236 e. The summed E-state index contributed by atoms with van der Waals surface area (Å²) in [6.07, 6.45) is 3.30. The number of hydrogen-bond donors (Lipinski definition) is 0. The third-order valence-electron chi connectivity index (χ3n) is 4.79. The van der Waals surface area contributed by atoms with Gasteiger partial charge in [0.25, 0.3) is 0 Å². The van der Waals surface area contributed by atoms with Crippen LogP contribution in [0.25, 0.3) is 0 Å². The van der Waals surface area contributed by atoms with Gasteiger partial charge in [0.1, 0.15) is 0 Å². The van der Waals surface area contributed by atoms with Crippen molar-refractivity contribution in [3.63, 3.8) is 0 Å². The van der Waals surface area contributed by atoms with Gasteiger partial charge in [-0.1, -0.05) is 30.3 Å². The molecule has 2 aliphatic rings. The van der Waals surface area contributed by atoms with E-state index in [2.05, 4.69) is 29.2 Å². The van der Waals surface area contributed by atoms with Gasteiger partial charge in [0.15, 0.2) is 0 Å². The molecule has 0 aromatic heterocycles. The fourth-order valence-corrected chi connectivity index (χ4v) is 3.27. The van der Waals surface area contributed by atoms with Crippen LogP contribution in [0.5, 0.6) is 0 Å². The number of amides is 1. The Kier molecular flexibility index (Phi) is 5.46. The highest BCUT2D eigenvalue weighted by Gasteiger charge is 2.24. The monoisotopic (exact) mass is 302 g/mol. The summed E-state index contributed by atoms with van der Waals surface area (Å²) in [5.41, 5.74) is 1.30. The molecule has 0 spiro atoms. The van der Waals surface area contributed by atoms with Gasteiger partial charge in [-0.05, 0) is 37.3 Å². The van der Waals surface area contributed by atoms with Gasteiger partial charge in [-0.25, -0.2) is 0 Å². The van der Waals surface area contributed by atoms with Crippen molar-refractivity contribution in [2.75, 3.05) is 45.9 Å². The average molecular weight is 302 g/mol. The van der Waals surface area contributed by atoms with Crippen LogP contribution in [-0.4, -0.2) is 61.6 Å². The Hall–Kier alpha value is -1.39. The summed E-state index contributed by atoms with van der Waals surface area (Å²) in [5, 5.41) is 0. The lowest BCUT2D eigenvalue weighted by molar-refractivity contribution is -0.136. The number of piperazine rings is 1.